The van der Waals surface area contributed by atoms with E-state index >= 15 is 0 Å². The molecule has 0 aliphatic carbocycles. The van der Waals surface area contributed by atoms with E-state index in [-0.39, 0.29) is 0 Å². The molecule has 1 fully saturated rings. The molecular formula is C11H15N2. The van der Waals surface area contributed by atoms with Gasteiger partial charge in [0.05, 0.1) is 6.04 Å². The number of hydrogen-bond donors (Lipinski definition) is 1. The minimum atomic E-state index is 0.987. The zero-order valence-electron chi connectivity index (χ0n) is 7.96. The SMILES string of the molecule is CN1CCNC[C]1c1ccccc1. The van der Waals surface area contributed by atoms with Gasteiger partial charge in [0.15, 0.2) is 0 Å². The molecule has 1 aliphatic rings. The van der Waals surface area contributed by atoms with Crippen molar-refractivity contribution in [3.05, 3.63) is 41.9 Å². The number of benzene rings is 1. The molecule has 0 aromatic heterocycles. The summed E-state index contributed by atoms with van der Waals surface area (Å²) in [4.78, 5) is 2.33. The highest BCUT2D eigenvalue weighted by Gasteiger charge is 2.20. The molecule has 1 saturated heterocycles. The average molecular weight is 175 g/mol. The van der Waals surface area contributed by atoms with Crippen molar-refractivity contribution in [1.82, 2.24) is 10.2 Å². The summed E-state index contributed by atoms with van der Waals surface area (Å²) in [6.45, 7) is 3.18. The molecule has 2 nitrogen and oxygen atoms in total. The normalized spacial score (nSPS) is 20.4. The van der Waals surface area contributed by atoms with Gasteiger partial charge < -0.3 is 5.32 Å². The second-order valence-corrected chi connectivity index (χ2v) is 3.41. The predicted octanol–water partition coefficient (Wildman–Crippen LogP) is 1.10. The summed E-state index contributed by atoms with van der Waals surface area (Å²) in [6.07, 6.45) is 0. The Balaban J connectivity index is 2.15. The van der Waals surface area contributed by atoms with Crippen LogP contribution in [0.25, 0.3) is 0 Å². The van der Waals surface area contributed by atoms with Crippen molar-refractivity contribution in [3.8, 4) is 0 Å². The highest BCUT2D eigenvalue weighted by molar-refractivity contribution is 5.30. The first kappa shape index (κ1) is 8.73. The second-order valence-electron chi connectivity index (χ2n) is 3.41. The first-order chi connectivity index (χ1) is 6.38. The number of nitrogens with zero attached hydrogens (tertiary/aromatic N) is 1. The van der Waals surface area contributed by atoms with Crippen molar-refractivity contribution >= 4 is 0 Å². The average Bonchev–Trinajstić information content (AvgIpc) is 2.20. The van der Waals surface area contributed by atoms with Crippen molar-refractivity contribution in [2.45, 2.75) is 0 Å². The Morgan fingerprint density at radius 1 is 1.23 bits per heavy atom. The van der Waals surface area contributed by atoms with Crippen LogP contribution in [0.4, 0.5) is 0 Å². The zero-order chi connectivity index (χ0) is 9.10. The lowest BCUT2D eigenvalue weighted by atomic mass is 10.0. The lowest BCUT2D eigenvalue weighted by Gasteiger charge is -2.32. The molecule has 69 valence electrons. The van der Waals surface area contributed by atoms with E-state index in [1.807, 2.05) is 0 Å². The van der Waals surface area contributed by atoms with Crippen LogP contribution < -0.4 is 5.32 Å². The van der Waals surface area contributed by atoms with Crippen LogP contribution in [0.1, 0.15) is 5.56 Å². The molecule has 1 aromatic carbocycles. The summed E-state index contributed by atoms with van der Waals surface area (Å²) in [5.74, 6) is 0. The summed E-state index contributed by atoms with van der Waals surface area (Å²) >= 11 is 0. The fourth-order valence-corrected chi connectivity index (χ4v) is 1.68. The van der Waals surface area contributed by atoms with Gasteiger partial charge in [0.2, 0.25) is 0 Å². The Morgan fingerprint density at radius 2 is 2.00 bits per heavy atom. The predicted molar refractivity (Wildman–Crippen MR) is 54.3 cm³/mol. The van der Waals surface area contributed by atoms with Gasteiger partial charge in [-0.25, -0.2) is 0 Å². The van der Waals surface area contributed by atoms with Gasteiger partial charge in [-0.15, -0.1) is 0 Å². The molecule has 2 heteroatoms. The standard InChI is InChI=1S/C11H15N2/c1-13-8-7-12-9-11(13)10-5-3-2-4-6-10/h2-6,12H,7-9H2,1H3. The first-order valence-electron chi connectivity index (χ1n) is 4.71. The van der Waals surface area contributed by atoms with Crippen LogP contribution in [-0.2, 0) is 0 Å². The highest BCUT2D eigenvalue weighted by Crippen LogP contribution is 2.18. The molecule has 0 saturated carbocycles. The van der Waals surface area contributed by atoms with Gasteiger partial charge in [0.1, 0.15) is 0 Å². The summed E-state index contributed by atoms with van der Waals surface area (Å²) in [7, 11) is 2.16. The molecule has 1 N–H and O–H groups in total. The molecule has 0 bridgehead atoms. The van der Waals surface area contributed by atoms with Crippen molar-refractivity contribution in [3.63, 3.8) is 0 Å². The molecule has 1 aliphatic heterocycles. The van der Waals surface area contributed by atoms with Gasteiger partial charge in [-0.05, 0) is 12.6 Å². The Bertz CT molecular complexity index is 258. The van der Waals surface area contributed by atoms with Gasteiger partial charge in [0.25, 0.3) is 0 Å². The quantitative estimate of drug-likeness (QED) is 0.687. The van der Waals surface area contributed by atoms with Crippen LogP contribution in [0.2, 0.25) is 0 Å². The molecule has 0 unspecified atom stereocenters. The Morgan fingerprint density at radius 3 is 2.69 bits per heavy atom. The topological polar surface area (TPSA) is 15.3 Å². The molecule has 1 heterocycles. The van der Waals surface area contributed by atoms with Crippen molar-refractivity contribution in [1.29, 1.82) is 0 Å². The Labute approximate surface area is 79.6 Å². The van der Waals surface area contributed by atoms with Gasteiger partial charge >= 0.3 is 0 Å². The summed E-state index contributed by atoms with van der Waals surface area (Å²) in [5, 5.41) is 3.39. The lowest BCUT2D eigenvalue weighted by Crippen LogP contribution is -2.44. The number of piperazine rings is 1. The molecule has 1 radical (unpaired) electrons. The number of rotatable bonds is 1. The van der Waals surface area contributed by atoms with Gasteiger partial charge in [-0.3, -0.25) is 4.90 Å². The van der Waals surface area contributed by atoms with Crippen LogP contribution in [0.3, 0.4) is 0 Å². The van der Waals surface area contributed by atoms with E-state index in [9.17, 15) is 0 Å². The molecule has 0 amide bonds. The second kappa shape index (κ2) is 3.90. The van der Waals surface area contributed by atoms with Crippen LogP contribution in [0.15, 0.2) is 30.3 Å². The fraction of sp³-hybridized carbons (Fsp3) is 0.364. The van der Waals surface area contributed by atoms with Crippen molar-refractivity contribution in [2.75, 3.05) is 26.7 Å². The zero-order valence-corrected chi connectivity index (χ0v) is 7.96. The van der Waals surface area contributed by atoms with Gasteiger partial charge in [-0.2, -0.15) is 0 Å². The smallest absolute Gasteiger partial charge is 0.0825 e. The van der Waals surface area contributed by atoms with Crippen LogP contribution in [-0.4, -0.2) is 31.6 Å². The molecule has 1 aromatic rings. The molecule has 13 heavy (non-hydrogen) atoms. The van der Waals surface area contributed by atoms with Crippen LogP contribution in [0, 0.1) is 6.04 Å². The van der Waals surface area contributed by atoms with E-state index < -0.39 is 0 Å². The highest BCUT2D eigenvalue weighted by atomic mass is 15.2. The molecule has 2 rings (SSSR count). The minimum Gasteiger partial charge on any atom is -0.313 e. The molecular weight excluding hydrogens is 160 g/mol. The third kappa shape index (κ3) is 1.90. The van der Waals surface area contributed by atoms with E-state index in [1.165, 1.54) is 11.6 Å². The Kier molecular flexibility index (Phi) is 2.62. The van der Waals surface area contributed by atoms with E-state index in [0.29, 0.717) is 0 Å². The van der Waals surface area contributed by atoms with Crippen molar-refractivity contribution in [2.24, 2.45) is 0 Å². The maximum atomic E-state index is 3.39. The number of likely N-dealkylation sites (N-methyl/N-ethyl adjacent to an activating group) is 1. The maximum Gasteiger partial charge on any atom is 0.0825 e. The number of nitrogens with one attached hydrogen (secondary N) is 1. The first-order valence-corrected chi connectivity index (χ1v) is 4.71. The van der Waals surface area contributed by atoms with E-state index in [2.05, 4.69) is 47.6 Å². The largest absolute Gasteiger partial charge is 0.313 e. The summed E-state index contributed by atoms with van der Waals surface area (Å²) in [6, 6.07) is 12.0. The van der Waals surface area contributed by atoms with E-state index in [0.717, 1.165) is 19.6 Å². The van der Waals surface area contributed by atoms with Gasteiger partial charge in [0, 0.05) is 19.6 Å². The summed E-state index contributed by atoms with van der Waals surface area (Å²) in [5.41, 5.74) is 1.33. The van der Waals surface area contributed by atoms with Crippen LogP contribution in [0.5, 0.6) is 0 Å². The van der Waals surface area contributed by atoms with Gasteiger partial charge in [-0.1, -0.05) is 30.3 Å². The van der Waals surface area contributed by atoms with E-state index in [4.69, 9.17) is 0 Å². The third-order valence-corrected chi connectivity index (χ3v) is 2.48. The molecule has 0 spiro atoms. The van der Waals surface area contributed by atoms with E-state index in [1.54, 1.807) is 0 Å². The monoisotopic (exact) mass is 175 g/mol. The molecule has 0 atom stereocenters. The maximum absolute atomic E-state index is 3.39. The fourth-order valence-electron chi connectivity index (χ4n) is 1.68. The number of hydrogen-bond acceptors (Lipinski definition) is 2. The van der Waals surface area contributed by atoms with Crippen molar-refractivity contribution < 1.29 is 0 Å². The Hall–Kier alpha value is -0.860. The lowest BCUT2D eigenvalue weighted by molar-refractivity contribution is 0.307. The minimum absolute atomic E-state index is 0.987. The van der Waals surface area contributed by atoms with Crippen LogP contribution >= 0.6 is 0 Å². The summed E-state index contributed by atoms with van der Waals surface area (Å²) < 4.78 is 0. The third-order valence-electron chi connectivity index (χ3n) is 2.48.